The van der Waals surface area contributed by atoms with E-state index in [9.17, 15) is 9.59 Å². The number of aromatic nitrogens is 2. The summed E-state index contributed by atoms with van der Waals surface area (Å²) in [5.41, 5.74) is 3.54. The lowest BCUT2D eigenvalue weighted by Gasteiger charge is -2.13. The molecule has 0 fully saturated rings. The molecule has 0 bridgehead atoms. The molecule has 180 valence electrons. The minimum atomic E-state index is -0.234. The lowest BCUT2D eigenvalue weighted by molar-refractivity contribution is 0.0941. The first-order chi connectivity index (χ1) is 17.0. The summed E-state index contributed by atoms with van der Waals surface area (Å²) >= 11 is 0. The summed E-state index contributed by atoms with van der Waals surface area (Å²) in [6, 6.07) is 18.4. The maximum absolute atomic E-state index is 12.6. The molecular formula is C27H28N4O4. The van der Waals surface area contributed by atoms with Gasteiger partial charge in [0, 0.05) is 24.0 Å². The zero-order valence-corrected chi connectivity index (χ0v) is 19.9. The molecule has 0 aliphatic rings. The summed E-state index contributed by atoms with van der Waals surface area (Å²) in [6.45, 7) is 2.62. The molecule has 35 heavy (non-hydrogen) atoms. The molecule has 2 N–H and O–H groups in total. The molecule has 8 nitrogen and oxygen atoms in total. The van der Waals surface area contributed by atoms with Gasteiger partial charge in [0.05, 0.1) is 20.4 Å². The lowest BCUT2D eigenvalue weighted by Crippen LogP contribution is -2.29. The second-order valence-corrected chi connectivity index (χ2v) is 8.31. The highest BCUT2D eigenvalue weighted by Crippen LogP contribution is 2.28. The number of ether oxygens (including phenoxy) is 2. The molecule has 2 aromatic carbocycles. The van der Waals surface area contributed by atoms with E-state index < -0.39 is 0 Å². The highest BCUT2D eigenvalue weighted by Gasteiger charge is 2.14. The Morgan fingerprint density at radius 1 is 0.971 bits per heavy atom. The number of carbonyl (C=O) groups is 2. The Morgan fingerprint density at radius 2 is 1.74 bits per heavy atom. The highest BCUT2D eigenvalue weighted by atomic mass is 16.5. The number of rotatable bonds is 9. The molecule has 0 radical (unpaired) electrons. The van der Waals surface area contributed by atoms with Crippen LogP contribution in [0, 0.1) is 5.92 Å². The van der Waals surface area contributed by atoms with Crippen LogP contribution in [0.1, 0.15) is 33.3 Å². The van der Waals surface area contributed by atoms with Gasteiger partial charge in [-0.3, -0.25) is 14.0 Å². The van der Waals surface area contributed by atoms with Crippen LogP contribution in [0.25, 0.3) is 5.65 Å². The first kappa shape index (κ1) is 23.8. The number of carbonyl (C=O) groups excluding carboxylic acids is 2. The van der Waals surface area contributed by atoms with Crippen LogP contribution < -0.4 is 20.1 Å². The normalized spacial score (nSPS) is 11.6. The maximum atomic E-state index is 12.6. The average molecular weight is 473 g/mol. The monoisotopic (exact) mass is 472 g/mol. The van der Waals surface area contributed by atoms with Crippen molar-refractivity contribution in [3.63, 3.8) is 0 Å². The van der Waals surface area contributed by atoms with Crippen molar-refractivity contribution in [1.29, 1.82) is 0 Å². The first-order valence-electron chi connectivity index (χ1n) is 11.3. The van der Waals surface area contributed by atoms with Crippen LogP contribution in [0.15, 0.2) is 73.1 Å². The van der Waals surface area contributed by atoms with Crippen molar-refractivity contribution in [3.05, 3.63) is 89.9 Å². The second kappa shape index (κ2) is 10.7. The van der Waals surface area contributed by atoms with Gasteiger partial charge in [-0.1, -0.05) is 25.1 Å². The van der Waals surface area contributed by atoms with Crippen LogP contribution in [-0.2, 0) is 6.42 Å². The number of pyridine rings is 1. The Bertz CT molecular complexity index is 1330. The summed E-state index contributed by atoms with van der Waals surface area (Å²) in [7, 11) is 3.08. The quantitative estimate of drug-likeness (QED) is 0.381. The van der Waals surface area contributed by atoms with E-state index in [1.165, 1.54) is 7.11 Å². The summed E-state index contributed by atoms with van der Waals surface area (Å²) < 4.78 is 12.3. The van der Waals surface area contributed by atoms with Crippen molar-refractivity contribution in [1.82, 2.24) is 14.7 Å². The van der Waals surface area contributed by atoms with Crippen molar-refractivity contribution in [2.24, 2.45) is 5.92 Å². The van der Waals surface area contributed by atoms with Crippen LogP contribution in [-0.4, -0.2) is 42.0 Å². The number of amides is 2. The minimum Gasteiger partial charge on any atom is -0.493 e. The molecule has 2 aromatic heterocycles. The molecule has 4 aromatic rings. The van der Waals surface area contributed by atoms with E-state index in [-0.39, 0.29) is 17.7 Å². The van der Waals surface area contributed by atoms with E-state index >= 15 is 0 Å². The molecule has 2 heterocycles. The molecule has 8 heteroatoms. The zero-order chi connectivity index (χ0) is 24.8. The number of nitrogens with one attached hydrogen (secondary N) is 2. The number of hydrogen-bond donors (Lipinski definition) is 2. The van der Waals surface area contributed by atoms with E-state index in [2.05, 4.69) is 22.5 Å². The van der Waals surface area contributed by atoms with Gasteiger partial charge in [0.2, 0.25) is 0 Å². The zero-order valence-electron chi connectivity index (χ0n) is 19.9. The third-order valence-corrected chi connectivity index (χ3v) is 5.70. The molecule has 0 saturated heterocycles. The SMILES string of the molecule is COc1ccc(C(=O)Nc2ccc(CC(C)CNC(=O)c3cnc4ccccn34)cc2)cc1OC. The van der Waals surface area contributed by atoms with Gasteiger partial charge in [0.1, 0.15) is 11.3 Å². The minimum absolute atomic E-state index is 0.149. The van der Waals surface area contributed by atoms with Crippen LogP contribution in [0.2, 0.25) is 0 Å². The standard InChI is InChI=1S/C27H28N4O4/c1-18(16-29-27(33)22-17-28-25-6-4-5-13-31(22)25)14-19-7-10-21(11-8-19)30-26(32)20-9-12-23(34-2)24(15-20)35-3/h4-13,15,17-18H,14,16H2,1-3H3,(H,29,33)(H,30,32). The third kappa shape index (κ3) is 5.60. The summed E-state index contributed by atoms with van der Waals surface area (Å²) in [4.78, 5) is 29.5. The van der Waals surface area contributed by atoms with Crippen molar-refractivity contribution < 1.29 is 19.1 Å². The fraction of sp³-hybridized carbons (Fsp3) is 0.222. The number of anilines is 1. The Hall–Kier alpha value is -4.33. The molecule has 0 spiro atoms. The van der Waals surface area contributed by atoms with Crippen molar-refractivity contribution in [2.45, 2.75) is 13.3 Å². The Kier molecular flexibility index (Phi) is 7.30. The van der Waals surface area contributed by atoms with Crippen LogP contribution in [0.5, 0.6) is 11.5 Å². The molecule has 2 amide bonds. The number of fused-ring (bicyclic) bond motifs is 1. The number of hydrogen-bond acceptors (Lipinski definition) is 5. The van der Waals surface area contributed by atoms with E-state index in [1.54, 1.807) is 35.9 Å². The number of imidazole rings is 1. The van der Waals surface area contributed by atoms with Gasteiger partial charge in [0.15, 0.2) is 11.5 Å². The van der Waals surface area contributed by atoms with Crippen LogP contribution in [0.3, 0.4) is 0 Å². The number of benzene rings is 2. The topological polar surface area (TPSA) is 94.0 Å². The van der Waals surface area contributed by atoms with Gasteiger partial charge in [-0.2, -0.15) is 0 Å². The summed E-state index contributed by atoms with van der Waals surface area (Å²) in [5, 5.41) is 5.89. The molecule has 0 saturated carbocycles. The Morgan fingerprint density at radius 3 is 2.49 bits per heavy atom. The fourth-order valence-corrected chi connectivity index (χ4v) is 3.84. The molecule has 0 aliphatic heterocycles. The lowest BCUT2D eigenvalue weighted by atomic mass is 10.0. The predicted molar refractivity (Wildman–Crippen MR) is 134 cm³/mol. The molecule has 0 aliphatic carbocycles. The Labute approximate surface area is 203 Å². The smallest absolute Gasteiger partial charge is 0.269 e. The predicted octanol–water partition coefficient (Wildman–Crippen LogP) is 4.21. The van der Waals surface area contributed by atoms with E-state index in [0.29, 0.717) is 35.0 Å². The van der Waals surface area contributed by atoms with Crippen molar-refractivity contribution in [3.8, 4) is 11.5 Å². The largest absolute Gasteiger partial charge is 0.493 e. The third-order valence-electron chi connectivity index (χ3n) is 5.70. The number of nitrogens with zero attached hydrogens (tertiary/aromatic N) is 2. The molecule has 1 atom stereocenters. The van der Waals surface area contributed by atoms with Crippen molar-refractivity contribution in [2.75, 3.05) is 26.1 Å². The van der Waals surface area contributed by atoms with Gasteiger partial charge in [-0.05, 0) is 60.4 Å². The van der Waals surface area contributed by atoms with Crippen LogP contribution >= 0.6 is 0 Å². The van der Waals surface area contributed by atoms with Gasteiger partial charge in [0.25, 0.3) is 11.8 Å². The molecule has 1 unspecified atom stereocenters. The first-order valence-corrected chi connectivity index (χ1v) is 11.3. The second-order valence-electron chi connectivity index (χ2n) is 8.31. The van der Waals surface area contributed by atoms with Gasteiger partial charge in [-0.25, -0.2) is 4.98 Å². The average Bonchev–Trinajstić information content (AvgIpc) is 3.32. The summed E-state index contributed by atoms with van der Waals surface area (Å²) in [5.74, 6) is 0.909. The highest BCUT2D eigenvalue weighted by molar-refractivity contribution is 6.04. The van der Waals surface area contributed by atoms with E-state index in [0.717, 1.165) is 17.6 Å². The van der Waals surface area contributed by atoms with Crippen LogP contribution in [0.4, 0.5) is 5.69 Å². The van der Waals surface area contributed by atoms with Crippen molar-refractivity contribution >= 4 is 23.1 Å². The maximum Gasteiger partial charge on any atom is 0.269 e. The number of methoxy groups -OCH3 is 2. The van der Waals surface area contributed by atoms with Gasteiger partial charge < -0.3 is 20.1 Å². The van der Waals surface area contributed by atoms with E-state index in [4.69, 9.17) is 9.47 Å². The van der Waals surface area contributed by atoms with Gasteiger partial charge >= 0.3 is 0 Å². The van der Waals surface area contributed by atoms with E-state index in [1.807, 2.05) is 48.7 Å². The molecular weight excluding hydrogens is 444 g/mol. The fourth-order valence-electron chi connectivity index (χ4n) is 3.84. The molecule has 4 rings (SSSR count). The Balaban J connectivity index is 1.30. The van der Waals surface area contributed by atoms with Gasteiger partial charge in [-0.15, -0.1) is 0 Å². The summed E-state index contributed by atoms with van der Waals surface area (Å²) in [6.07, 6.45) is 4.20.